The lowest BCUT2D eigenvalue weighted by Gasteiger charge is -2.26. The standard InChI is InChI=1S/C15H18N2O3/c18-9-11(17-8-12(19)6-15(17)20)5-10-7-16-14-4-2-1-3-13(10)14/h1-4,7,11-12,16,18-19H,5-6,8-9H2. The molecule has 5 nitrogen and oxygen atoms in total. The number of carbonyl (C=O) groups excluding carboxylic acids is 1. The van der Waals surface area contributed by atoms with Gasteiger partial charge in [-0.25, -0.2) is 0 Å². The zero-order valence-corrected chi connectivity index (χ0v) is 11.1. The minimum Gasteiger partial charge on any atom is -0.394 e. The van der Waals surface area contributed by atoms with Gasteiger partial charge in [-0.3, -0.25) is 4.79 Å². The van der Waals surface area contributed by atoms with E-state index < -0.39 is 6.10 Å². The van der Waals surface area contributed by atoms with Gasteiger partial charge in [-0.1, -0.05) is 18.2 Å². The Hall–Kier alpha value is -1.85. The summed E-state index contributed by atoms with van der Waals surface area (Å²) in [6.45, 7) is 0.213. The van der Waals surface area contributed by atoms with E-state index in [0.717, 1.165) is 16.5 Å². The molecule has 20 heavy (non-hydrogen) atoms. The number of hydrogen-bond acceptors (Lipinski definition) is 3. The van der Waals surface area contributed by atoms with E-state index in [0.29, 0.717) is 13.0 Å². The summed E-state index contributed by atoms with van der Waals surface area (Å²) in [7, 11) is 0. The summed E-state index contributed by atoms with van der Waals surface area (Å²) in [5.41, 5.74) is 2.13. The van der Waals surface area contributed by atoms with Crippen LogP contribution in [0.15, 0.2) is 30.5 Å². The fraction of sp³-hybridized carbons (Fsp3) is 0.400. The fourth-order valence-corrected chi connectivity index (χ4v) is 2.89. The highest BCUT2D eigenvalue weighted by atomic mass is 16.3. The average molecular weight is 274 g/mol. The number of H-pyrrole nitrogens is 1. The van der Waals surface area contributed by atoms with Crippen LogP contribution in [0.4, 0.5) is 0 Å². The maximum atomic E-state index is 11.8. The number of β-amino-alcohol motifs (C(OH)–C–C–N with tert-alkyl or cyclic N) is 1. The predicted octanol–water partition coefficient (Wildman–Crippen LogP) is 0.664. The highest BCUT2D eigenvalue weighted by molar-refractivity contribution is 5.83. The maximum absolute atomic E-state index is 11.8. The summed E-state index contributed by atoms with van der Waals surface area (Å²) in [6, 6.07) is 7.68. The van der Waals surface area contributed by atoms with Crippen LogP contribution in [0.5, 0.6) is 0 Å². The maximum Gasteiger partial charge on any atom is 0.225 e. The number of aromatic amines is 1. The second-order valence-electron chi connectivity index (χ2n) is 5.30. The number of aliphatic hydroxyl groups excluding tert-OH is 2. The number of aromatic nitrogens is 1. The molecule has 106 valence electrons. The summed E-state index contributed by atoms with van der Waals surface area (Å²) in [5, 5.41) is 20.2. The van der Waals surface area contributed by atoms with Crippen LogP contribution in [0, 0.1) is 0 Å². The van der Waals surface area contributed by atoms with Crippen LogP contribution in [0.3, 0.4) is 0 Å². The normalized spacial score (nSPS) is 20.8. The van der Waals surface area contributed by atoms with Gasteiger partial charge in [0, 0.05) is 23.6 Å². The van der Waals surface area contributed by atoms with Crippen LogP contribution in [-0.4, -0.2) is 51.3 Å². The molecule has 3 rings (SSSR count). The Balaban J connectivity index is 1.83. The molecule has 2 aromatic rings. The van der Waals surface area contributed by atoms with Gasteiger partial charge in [-0.2, -0.15) is 0 Å². The van der Waals surface area contributed by atoms with Crippen LogP contribution >= 0.6 is 0 Å². The number of benzene rings is 1. The van der Waals surface area contributed by atoms with Gasteiger partial charge < -0.3 is 20.1 Å². The van der Waals surface area contributed by atoms with E-state index in [1.807, 2.05) is 30.5 Å². The van der Waals surface area contributed by atoms with Crippen molar-refractivity contribution < 1.29 is 15.0 Å². The van der Waals surface area contributed by atoms with Crippen molar-refractivity contribution in [3.8, 4) is 0 Å². The van der Waals surface area contributed by atoms with Crippen molar-refractivity contribution in [2.45, 2.75) is 25.0 Å². The second-order valence-corrected chi connectivity index (χ2v) is 5.30. The Bertz CT molecular complexity index is 622. The molecule has 1 aliphatic rings. The molecule has 2 atom stereocenters. The zero-order valence-electron chi connectivity index (χ0n) is 11.1. The van der Waals surface area contributed by atoms with Crippen LogP contribution in [-0.2, 0) is 11.2 Å². The molecule has 0 radical (unpaired) electrons. The van der Waals surface area contributed by atoms with E-state index in [1.165, 1.54) is 0 Å². The van der Waals surface area contributed by atoms with Gasteiger partial charge in [-0.15, -0.1) is 0 Å². The smallest absolute Gasteiger partial charge is 0.225 e. The quantitative estimate of drug-likeness (QED) is 0.766. The van der Waals surface area contributed by atoms with Crippen molar-refractivity contribution in [3.63, 3.8) is 0 Å². The molecule has 1 fully saturated rings. The van der Waals surface area contributed by atoms with E-state index in [9.17, 15) is 15.0 Å². The molecule has 3 N–H and O–H groups in total. The molecule has 1 aromatic carbocycles. The Morgan fingerprint density at radius 1 is 1.40 bits per heavy atom. The van der Waals surface area contributed by atoms with Gasteiger partial charge in [0.15, 0.2) is 0 Å². The molecule has 2 heterocycles. The molecule has 0 saturated carbocycles. The SMILES string of the molecule is O=C1CC(O)CN1C(CO)Cc1c[nH]c2ccccc12. The molecule has 1 aromatic heterocycles. The van der Waals surface area contributed by atoms with E-state index in [-0.39, 0.29) is 25.0 Å². The number of aliphatic hydroxyl groups is 2. The minimum absolute atomic E-state index is 0.0867. The van der Waals surface area contributed by atoms with Crippen LogP contribution < -0.4 is 0 Å². The molecule has 2 unspecified atom stereocenters. The number of nitrogens with one attached hydrogen (secondary N) is 1. The van der Waals surface area contributed by atoms with E-state index in [4.69, 9.17) is 0 Å². The van der Waals surface area contributed by atoms with Crippen LogP contribution in [0.2, 0.25) is 0 Å². The van der Waals surface area contributed by atoms with E-state index in [2.05, 4.69) is 4.98 Å². The molecular formula is C15H18N2O3. The summed E-state index contributed by atoms with van der Waals surface area (Å²) in [4.78, 5) is 16.6. The molecule has 0 aliphatic carbocycles. The van der Waals surface area contributed by atoms with Gasteiger partial charge in [0.05, 0.1) is 25.2 Å². The third-order valence-corrected chi connectivity index (χ3v) is 3.92. The van der Waals surface area contributed by atoms with Crippen molar-refractivity contribution in [3.05, 3.63) is 36.0 Å². The highest BCUT2D eigenvalue weighted by Crippen LogP contribution is 2.22. The topological polar surface area (TPSA) is 76.6 Å². The van der Waals surface area contributed by atoms with Gasteiger partial charge >= 0.3 is 0 Å². The molecule has 5 heteroatoms. The Kier molecular flexibility index (Phi) is 3.46. The summed E-state index contributed by atoms with van der Waals surface area (Å²) >= 11 is 0. The van der Waals surface area contributed by atoms with Crippen LogP contribution in [0.1, 0.15) is 12.0 Å². The molecule has 1 saturated heterocycles. The first kappa shape index (κ1) is 13.1. The third kappa shape index (κ3) is 2.30. The van der Waals surface area contributed by atoms with Crippen molar-refractivity contribution in [1.82, 2.24) is 9.88 Å². The molecule has 0 bridgehead atoms. The van der Waals surface area contributed by atoms with Crippen molar-refractivity contribution in [2.24, 2.45) is 0 Å². The molecule has 1 amide bonds. The Morgan fingerprint density at radius 3 is 2.90 bits per heavy atom. The number of carbonyl (C=O) groups is 1. The average Bonchev–Trinajstić information content (AvgIpc) is 3.00. The summed E-state index contributed by atoms with van der Waals surface area (Å²) in [5.74, 6) is -0.0867. The lowest BCUT2D eigenvalue weighted by atomic mass is 10.0. The van der Waals surface area contributed by atoms with Crippen molar-refractivity contribution in [1.29, 1.82) is 0 Å². The summed E-state index contributed by atoms with van der Waals surface area (Å²) < 4.78 is 0. The lowest BCUT2D eigenvalue weighted by molar-refractivity contribution is -0.130. The number of rotatable bonds is 4. The number of nitrogens with zero attached hydrogens (tertiary/aromatic N) is 1. The largest absolute Gasteiger partial charge is 0.394 e. The first-order valence-electron chi connectivity index (χ1n) is 6.82. The Morgan fingerprint density at radius 2 is 2.20 bits per heavy atom. The highest BCUT2D eigenvalue weighted by Gasteiger charge is 2.33. The van der Waals surface area contributed by atoms with E-state index in [1.54, 1.807) is 4.90 Å². The Labute approximate surface area is 116 Å². The number of hydrogen-bond donors (Lipinski definition) is 3. The van der Waals surface area contributed by atoms with E-state index >= 15 is 0 Å². The monoisotopic (exact) mass is 274 g/mol. The second kappa shape index (κ2) is 5.26. The summed E-state index contributed by atoms with van der Waals surface area (Å²) in [6.07, 6.45) is 2.05. The molecule has 0 spiro atoms. The fourth-order valence-electron chi connectivity index (χ4n) is 2.89. The number of amides is 1. The number of para-hydroxylation sites is 1. The number of likely N-dealkylation sites (tertiary alicyclic amines) is 1. The predicted molar refractivity (Wildman–Crippen MR) is 75.2 cm³/mol. The van der Waals surface area contributed by atoms with Gasteiger partial charge in [-0.05, 0) is 18.1 Å². The van der Waals surface area contributed by atoms with Crippen molar-refractivity contribution in [2.75, 3.05) is 13.2 Å². The van der Waals surface area contributed by atoms with Gasteiger partial charge in [0.1, 0.15) is 0 Å². The minimum atomic E-state index is -0.612. The number of fused-ring (bicyclic) bond motifs is 1. The van der Waals surface area contributed by atoms with Crippen molar-refractivity contribution >= 4 is 16.8 Å². The van der Waals surface area contributed by atoms with Gasteiger partial charge in [0.2, 0.25) is 5.91 Å². The third-order valence-electron chi connectivity index (χ3n) is 3.92. The first-order valence-corrected chi connectivity index (χ1v) is 6.82. The molecular weight excluding hydrogens is 256 g/mol. The zero-order chi connectivity index (χ0) is 14.1. The molecule has 1 aliphatic heterocycles. The van der Waals surface area contributed by atoms with Crippen LogP contribution in [0.25, 0.3) is 10.9 Å². The lowest BCUT2D eigenvalue weighted by Crippen LogP contribution is -2.41. The first-order chi connectivity index (χ1) is 9.69. The van der Waals surface area contributed by atoms with Gasteiger partial charge in [0.25, 0.3) is 0 Å².